The van der Waals surface area contributed by atoms with Gasteiger partial charge in [-0.05, 0) is 47.4 Å². The third-order valence-corrected chi connectivity index (χ3v) is 4.34. The zero-order valence-corrected chi connectivity index (χ0v) is 13.7. The summed E-state index contributed by atoms with van der Waals surface area (Å²) in [6.07, 6.45) is 5.52. The van der Waals surface area contributed by atoms with E-state index in [2.05, 4.69) is 43.5 Å². The van der Waals surface area contributed by atoms with Gasteiger partial charge >= 0.3 is 0 Å². The molecule has 0 aliphatic carbocycles. The summed E-state index contributed by atoms with van der Waals surface area (Å²) >= 11 is 3.63. The molecule has 2 heterocycles. The first-order chi connectivity index (χ1) is 9.63. The molecule has 0 spiro atoms. The maximum atomic E-state index is 4.45. The molecule has 0 aromatic carbocycles. The molecule has 0 fully saturated rings. The Labute approximate surface area is 127 Å². The van der Waals surface area contributed by atoms with Gasteiger partial charge in [0, 0.05) is 25.7 Å². The zero-order chi connectivity index (χ0) is 14.5. The Balaban J connectivity index is 2.24. The van der Waals surface area contributed by atoms with Crippen molar-refractivity contribution < 1.29 is 0 Å². The Hall–Kier alpha value is -1.27. The molecule has 0 radical (unpaired) electrons. The Bertz CT molecular complexity index is 552. The fourth-order valence-electron chi connectivity index (χ4n) is 2.23. The number of rotatable bonds is 6. The highest BCUT2D eigenvalue weighted by molar-refractivity contribution is 9.10. The predicted octanol–water partition coefficient (Wildman–Crippen LogP) is 2.56. The van der Waals surface area contributed by atoms with E-state index < -0.39 is 0 Å². The number of hydrogen-bond donors (Lipinski definition) is 1. The molecular formula is C14H20BrN5. The molecule has 1 unspecified atom stereocenters. The van der Waals surface area contributed by atoms with E-state index in [4.69, 9.17) is 0 Å². The highest BCUT2D eigenvalue weighted by Gasteiger charge is 2.18. The number of nitrogens with one attached hydrogen (secondary N) is 1. The third-order valence-electron chi connectivity index (χ3n) is 3.31. The van der Waals surface area contributed by atoms with E-state index >= 15 is 0 Å². The summed E-state index contributed by atoms with van der Waals surface area (Å²) in [4.78, 5) is 0. The van der Waals surface area contributed by atoms with Crippen LogP contribution < -0.4 is 5.32 Å². The van der Waals surface area contributed by atoms with Crippen LogP contribution in [0, 0.1) is 6.92 Å². The smallest absolute Gasteiger partial charge is 0.0738 e. The molecule has 5 nitrogen and oxygen atoms in total. The average Bonchev–Trinajstić information content (AvgIpc) is 2.70. The van der Waals surface area contributed by atoms with E-state index in [0.29, 0.717) is 0 Å². The van der Waals surface area contributed by atoms with Crippen molar-refractivity contribution in [3.8, 4) is 0 Å². The molecule has 1 N–H and O–H groups in total. The van der Waals surface area contributed by atoms with E-state index in [9.17, 15) is 0 Å². The van der Waals surface area contributed by atoms with Crippen molar-refractivity contribution in [2.24, 2.45) is 7.05 Å². The second-order valence-electron chi connectivity index (χ2n) is 4.86. The van der Waals surface area contributed by atoms with Crippen LogP contribution in [0.3, 0.4) is 0 Å². The first kappa shape index (κ1) is 15.1. The minimum Gasteiger partial charge on any atom is -0.310 e. The number of aromatic nitrogens is 4. The maximum Gasteiger partial charge on any atom is 0.0738 e. The van der Waals surface area contributed by atoms with Gasteiger partial charge in [0.1, 0.15) is 0 Å². The largest absolute Gasteiger partial charge is 0.310 e. The van der Waals surface area contributed by atoms with Crippen LogP contribution >= 0.6 is 15.9 Å². The van der Waals surface area contributed by atoms with Crippen LogP contribution in [0.5, 0.6) is 0 Å². The molecule has 2 rings (SSSR count). The van der Waals surface area contributed by atoms with E-state index in [1.807, 2.05) is 30.9 Å². The van der Waals surface area contributed by atoms with Crippen molar-refractivity contribution in [3.05, 3.63) is 39.9 Å². The number of aryl methyl sites for hydroxylation is 2. The van der Waals surface area contributed by atoms with Crippen LogP contribution in [0.2, 0.25) is 0 Å². The first-order valence-electron chi connectivity index (χ1n) is 6.81. The minimum atomic E-state index is 0.219. The van der Waals surface area contributed by atoms with Gasteiger partial charge in [0.25, 0.3) is 0 Å². The molecule has 20 heavy (non-hydrogen) atoms. The molecule has 0 aliphatic heterocycles. The monoisotopic (exact) mass is 337 g/mol. The average molecular weight is 338 g/mol. The Morgan fingerprint density at radius 3 is 2.75 bits per heavy atom. The van der Waals surface area contributed by atoms with Gasteiger partial charge in [-0.15, -0.1) is 0 Å². The third kappa shape index (κ3) is 3.43. The van der Waals surface area contributed by atoms with Crippen LogP contribution in [0.25, 0.3) is 0 Å². The second-order valence-corrected chi connectivity index (χ2v) is 5.65. The maximum absolute atomic E-state index is 4.45. The highest BCUT2D eigenvalue weighted by Crippen LogP contribution is 2.25. The van der Waals surface area contributed by atoms with Gasteiger partial charge in [0.15, 0.2) is 0 Å². The number of hydrogen-bond acceptors (Lipinski definition) is 4. The fourth-order valence-corrected chi connectivity index (χ4v) is 2.73. The van der Waals surface area contributed by atoms with Gasteiger partial charge < -0.3 is 5.32 Å². The molecule has 1 atom stereocenters. The van der Waals surface area contributed by atoms with Crippen LogP contribution in [0.15, 0.2) is 22.9 Å². The van der Waals surface area contributed by atoms with Crippen LogP contribution in [0.1, 0.15) is 36.3 Å². The Morgan fingerprint density at radius 2 is 2.20 bits per heavy atom. The molecule has 0 bridgehead atoms. The predicted molar refractivity (Wildman–Crippen MR) is 82.4 cm³/mol. The van der Waals surface area contributed by atoms with E-state index in [1.165, 1.54) is 5.69 Å². The van der Waals surface area contributed by atoms with Gasteiger partial charge in [-0.2, -0.15) is 15.3 Å². The molecule has 0 aliphatic rings. The van der Waals surface area contributed by atoms with Gasteiger partial charge in [-0.25, -0.2) is 0 Å². The highest BCUT2D eigenvalue weighted by atomic mass is 79.9. The lowest BCUT2D eigenvalue weighted by molar-refractivity contribution is 0.509. The van der Waals surface area contributed by atoms with Gasteiger partial charge in [0.05, 0.1) is 22.1 Å². The first-order valence-corrected chi connectivity index (χ1v) is 7.60. The van der Waals surface area contributed by atoms with E-state index in [1.54, 1.807) is 6.20 Å². The van der Waals surface area contributed by atoms with Gasteiger partial charge in [0.2, 0.25) is 0 Å². The van der Waals surface area contributed by atoms with Crippen LogP contribution in [0.4, 0.5) is 0 Å². The standard InChI is InChI=1S/C14H20BrN5/c1-4-6-16-12(11-5-7-17-18-9-11)8-13-14(15)10(2)19-20(13)3/h5,7,9,12,16H,4,6,8H2,1-3H3. The topological polar surface area (TPSA) is 55.6 Å². The van der Waals surface area contributed by atoms with Crippen molar-refractivity contribution in [3.63, 3.8) is 0 Å². The molecule has 2 aromatic rings. The van der Waals surface area contributed by atoms with Crippen LogP contribution in [-0.4, -0.2) is 26.5 Å². The van der Waals surface area contributed by atoms with Crippen molar-refractivity contribution >= 4 is 15.9 Å². The fraction of sp³-hybridized carbons (Fsp3) is 0.500. The van der Waals surface area contributed by atoms with E-state index in [-0.39, 0.29) is 6.04 Å². The molecule has 108 valence electrons. The van der Waals surface area contributed by atoms with Crippen molar-refractivity contribution in [2.75, 3.05) is 6.54 Å². The van der Waals surface area contributed by atoms with E-state index in [0.717, 1.165) is 35.1 Å². The zero-order valence-electron chi connectivity index (χ0n) is 12.1. The summed E-state index contributed by atoms with van der Waals surface area (Å²) in [6.45, 7) is 5.15. The Kier molecular flexibility index (Phi) is 5.25. The number of halogens is 1. The molecule has 0 saturated carbocycles. The lowest BCUT2D eigenvalue weighted by atomic mass is 10.0. The summed E-state index contributed by atoms with van der Waals surface area (Å²) < 4.78 is 3.03. The van der Waals surface area contributed by atoms with Crippen molar-refractivity contribution in [1.82, 2.24) is 25.3 Å². The molecule has 6 heteroatoms. The van der Waals surface area contributed by atoms with Gasteiger partial charge in [-0.3, -0.25) is 4.68 Å². The molecule has 2 aromatic heterocycles. The minimum absolute atomic E-state index is 0.219. The van der Waals surface area contributed by atoms with Gasteiger partial charge in [-0.1, -0.05) is 6.92 Å². The summed E-state index contributed by atoms with van der Waals surface area (Å²) in [5.41, 5.74) is 3.36. The second kappa shape index (κ2) is 6.95. The quantitative estimate of drug-likeness (QED) is 0.880. The lowest BCUT2D eigenvalue weighted by Crippen LogP contribution is -2.25. The number of nitrogens with zero attached hydrogens (tertiary/aromatic N) is 4. The summed E-state index contributed by atoms with van der Waals surface area (Å²) in [5, 5.41) is 15.9. The van der Waals surface area contributed by atoms with Crippen LogP contribution in [-0.2, 0) is 13.5 Å². The van der Waals surface area contributed by atoms with Crippen molar-refractivity contribution in [2.45, 2.75) is 32.7 Å². The Morgan fingerprint density at radius 1 is 1.40 bits per heavy atom. The molecule has 0 amide bonds. The van der Waals surface area contributed by atoms with Crippen molar-refractivity contribution in [1.29, 1.82) is 0 Å². The molecule has 0 saturated heterocycles. The summed E-state index contributed by atoms with van der Waals surface area (Å²) in [7, 11) is 1.98. The summed E-state index contributed by atoms with van der Waals surface area (Å²) in [5.74, 6) is 0. The molecular weight excluding hydrogens is 318 g/mol. The SMILES string of the molecule is CCCNC(Cc1c(Br)c(C)nn1C)c1ccnnc1. The summed E-state index contributed by atoms with van der Waals surface area (Å²) in [6, 6.07) is 2.23. The lowest BCUT2D eigenvalue weighted by Gasteiger charge is -2.18. The normalized spacial score (nSPS) is 12.6.